The van der Waals surface area contributed by atoms with Crippen LogP contribution in [0.25, 0.3) is 0 Å². The summed E-state index contributed by atoms with van der Waals surface area (Å²) in [7, 11) is 0. The van der Waals surface area contributed by atoms with Crippen molar-refractivity contribution >= 4 is 40.6 Å². The summed E-state index contributed by atoms with van der Waals surface area (Å²) in [6.07, 6.45) is 0.636. The Morgan fingerprint density at radius 2 is 1.96 bits per heavy atom. The minimum Gasteiger partial charge on any atom is -0.339 e. The van der Waals surface area contributed by atoms with E-state index in [1.807, 2.05) is 20.8 Å². The Hall–Kier alpha value is -1.99. The Morgan fingerprint density at radius 3 is 2.54 bits per heavy atom. The number of rotatable bonds is 6. The number of nitrogens with zero attached hydrogens (tertiary/aromatic N) is 3. The van der Waals surface area contributed by atoms with E-state index in [9.17, 15) is 9.59 Å². The molecule has 0 aliphatic heterocycles. The van der Waals surface area contributed by atoms with Crippen LogP contribution < -0.4 is 5.32 Å². The van der Waals surface area contributed by atoms with Crippen LogP contribution in [0.2, 0.25) is 5.02 Å². The van der Waals surface area contributed by atoms with E-state index in [0.717, 1.165) is 11.5 Å². The van der Waals surface area contributed by atoms with Gasteiger partial charge >= 0.3 is 0 Å². The first kappa shape index (κ1) is 18.4. The SMILES string of the molecule is CCc1nnsc1C(=O)Nc1ccc(C(=O)N(CC)CC)c(Cl)c1. The molecule has 0 unspecified atom stereocenters. The van der Waals surface area contributed by atoms with Crippen LogP contribution in [0, 0.1) is 0 Å². The zero-order chi connectivity index (χ0) is 17.7. The highest BCUT2D eigenvalue weighted by molar-refractivity contribution is 7.08. The number of halogens is 1. The number of aryl methyl sites for hydroxylation is 1. The molecule has 0 bridgehead atoms. The van der Waals surface area contributed by atoms with E-state index in [4.69, 9.17) is 11.6 Å². The van der Waals surface area contributed by atoms with Crippen LogP contribution >= 0.6 is 23.1 Å². The van der Waals surface area contributed by atoms with Crippen LogP contribution in [0.5, 0.6) is 0 Å². The lowest BCUT2D eigenvalue weighted by atomic mass is 10.1. The highest BCUT2D eigenvalue weighted by Gasteiger charge is 2.18. The van der Waals surface area contributed by atoms with Crippen molar-refractivity contribution in [3.05, 3.63) is 39.4 Å². The number of hydrogen-bond donors (Lipinski definition) is 1. The number of carbonyl (C=O) groups is 2. The van der Waals surface area contributed by atoms with E-state index in [0.29, 0.717) is 46.4 Å². The first-order chi connectivity index (χ1) is 11.5. The maximum Gasteiger partial charge on any atom is 0.269 e. The quantitative estimate of drug-likeness (QED) is 0.849. The largest absolute Gasteiger partial charge is 0.339 e. The average Bonchev–Trinajstić information content (AvgIpc) is 3.04. The Balaban J connectivity index is 2.18. The second kappa shape index (κ2) is 8.21. The molecule has 0 radical (unpaired) electrons. The third-order valence-electron chi connectivity index (χ3n) is 3.60. The van der Waals surface area contributed by atoms with E-state index in [2.05, 4.69) is 14.9 Å². The topological polar surface area (TPSA) is 75.2 Å². The van der Waals surface area contributed by atoms with Crippen molar-refractivity contribution in [3.63, 3.8) is 0 Å². The van der Waals surface area contributed by atoms with Crippen molar-refractivity contribution in [2.75, 3.05) is 18.4 Å². The fraction of sp³-hybridized carbons (Fsp3) is 0.375. The minimum absolute atomic E-state index is 0.122. The number of hydrogen-bond acceptors (Lipinski definition) is 5. The standard InChI is InChI=1S/C16H19ClN4O2S/c1-4-13-14(24-20-19-13)15(22)18-10-7-8-11(12(17)9-10)16(23)21(5-2)6-3/h7-9H,4-6H2,1-3H3,(H,18,22). The second-order valence-electron chi connectivity index (χ2n) is 5.03. The Bertz CT molecular complexity index is 743. The average molecular weight is 367 g/mol. The van der Waals surface area contributed by atoms with Gasteiger partial charge in [-0.25, -0.2) is 0 Å². The molecule has 1 aromatic carbocycles. The summed E-state index contributed by atoms with van der Waals surface area (Å²) < 4.78 is 3.80. The summed E-state index contributed by atoms with van der Waals surface area (Å²) in [5, 5.41) is 7.00. The van der Waals surface area contributed by atoms with Crippen LogP contribution in [0.15, 0.2) is 18.2 Å². The van der Waals surface area contributed by atoms with Crippen LogP contribution in [0.3, 0.4) is 0 Å². The predicted molar refractivity (Wildman–Crippen MR) is 95.9 cm³/mol. The molecule has 0 saturated carbocycles. The third-order valence-corrected chi connectivity index (χ3v) is 4.68. The molecule has 8 heteroatoms. The van der Waals surface area contributed by atoms with Gasteiger partial charge in [0, 0.05) is 18.8 Å². The van der Waals surface area contributed by atoms with Gasteiger partial charge in [0.05, 0.1) is 16.3 Å². The second-order valence-corrected chi connectivity index (χ2v) is 6.19. The maximum absolute atomic E-state index is 12.4. The van der Waals surface area contributed by atoms with Crippen molar-refractivity contribution in [1.29, 1.82) is 0 Å². The Labute approximate surface area is 150 Å². The smallest absolute Gasteiger partial charge is 0.269 e. The third kappa shape index (κ3) is 3.91. The Kier molecular flexibility index (Phi) is 6.28. The molecule has 1 N–H and O–H groups in total. The van der Waals surface area contributed by atoms with Crippen LogP contribution in [-0.4, -0.2) is 39.4 Å². The predicted octanol–water partition coefficient (Wildman–Crippen LogP) is 3.49. The number of aromatic nitrogens is 2. The first-order valence-corrected chi connectivity index (χ1v) is 8.88. The van der Waals surface area contributed by atoms with E-state index >= 15 is 0 Å². The summed E-state index contributed by atoms with van der Waals surface area (Å²) in [5.41, 5.74) is 1.61. The van der Waals surface area contributed by atoms with Crippen LogP contribution in [-0.2, 0) is 6.42 Å². The minimum atomic E-state index is -0.277. The molecule has 24 heavy (non-hydrogen) atoms. The number of amides is 2. The van der Waals surface area contributed by atoms with Crippen molar-refractivity contribution < 1.29 is 9.59 Å². The molecule has 2 rings (SSSR count). The van der Waals surface area contributed by atoms with Gasteiger partial charge in [0.1, 0.15) is 4.88 Å². The van der Waals surface area contributed by atoms with Gasteiger partial charge in [-0.15, -0.1) is 5.10 Å². The van der Waals surface area contributed by atoms with Gasteiger partial charge in [-0.1, -0.05) is 23.0 Å². The number of nitrogens with one attached hydrogen (secondary N) is 1. The van der Waals surface area contributed by atoms with Crippen LogP contribution in [0.1, 0.15) is 46.5 Å². The monoisotopic (exact) mass is 366 g/mol. The van der Waals surface area contributed by atoms with Gasteiger partial charge in [-0.05, 0) is 50.0 Å². The van der Waals surface area contributed by atoms with Gasteiger partial charge < -0.3 is 10.2 Å². The summed E-state index contributed by atoms with van der Waals surface area (Å²) in [5.74, 6) is -0.400. The maximum atomic E-state index is 12.4. The molecule has 128 valence electrons. The molecule has 1 aromatic heterocycles. The molecule has 0 fully saturated rings. The molecule has 2 aromatic rings. The summed E-state index contributed by atoms with van der Waals surface area (Å²) >= 11 is 7.28. The van der Waals surface area contributed by atoms with E-state index in [1.54, 1.807) is 23.1 Å². The molecule has 1 heterocycles. The van der Waals surface area contributed by atoms with E-state index in [-0.39, 0.29) is 11.8 Å². The van der Waals surface area contributed by atoms with Gasteiger partial charge in [-0.2, -0.15) is 0 Å². The lowest BCUT2D eigenvalue weighted by Gasteiger charge is -2.19. The van der Waals surface area contributed by atoms with Crippen LogP contribution in [0.4, 0.5) is 5.69 Å². The zero-order valence-corrected chi connectivity index (χ0v) is 15.4. The first-order valence-electron chi connectivity index (χ1n) is 7.73. The number of benzene rings is 1. The fourth-order valence-electron chi connectivity index (χ4n) is 2.25. The number of carbonyl (C=O) groups excluding carboxylic acids is 2. The highest BCUT2D eigenvalue weighted by atomic mass is 35.5. The van der Waals surface area contributed by atoms with Crippen molar-refractivity contribution in [1.82, 2.24) is 14.5 Å². The summed E-state index contributed by atoms with van der Waals surface area (Å²) in [6, 6.07) is 4.88. The van der Waals surface area contributed by atoms with E-state index in [1.165, 1.54) is 0 Å². The van der Waals surface area contributed by atoms with E-state index < -0.39 is 0 Å². The molecule has 2 amide bonds. The molecular weight excluding hydrogens is 348 g/mol. The number of anilines is 1. The molecule has 0 saturated heterocycles. The lowest BCUT2D eigenvalue weighted by Crippen LogP contribution is -2.30. The molecule has 0 aliphatic carbocycles. The Morgan fingerprint density at radius 1 is 1.25 bits per heavy atom. The van der Waals surface area contributed by atoms with Gasteiger partial charge in [0.2, 0.25) is 0 Å². The molecule has 0 aliphatic rings. The molecular formula is C16H19ClN4O2S. The lowest BCUT2D eigenvalue weighted by molar-refractivity contribution is 0.0773. The fourth-order valence-corrected chi connectivity index (χ4v) is 3.15. The molecule has 0 spiro atoms. The summed E-state index contributed by atoms with van der Waals surface area (Å²) in [4.78, 5) is 26.8. The van der Waals surface area contributed by atoms with Gasteiger partial charge in [0.25, 0.3) is 11.8 Å². The van der Waals surface area contributed by atoms with Crippen molar-refractivity contribution in [3.8, 4) is 0 Å². The normalized spacial score (nSPS) is 10.5. The summed E-state index contributed by atoms with van der Waals surface area (Å²) in [6.45, 7) is 6.97. The van der Waals surface area contributed by atoms with Gasteiger partial charge in [0.15, 0.2) is 0 Å². The molecule has 0 atom stereocenters. The molecule has 6 nitrogen and oxygen atoms in total. The van der Waals surface area contributed by atoms with Gasteiger partial charge in [-0.3, -0.25) is 9.59 Å². The van der Waals surface area contributed by atoms with Crippen molar-refractivity contribution in [2.24, 2.45) is 0 Å². The highest BCUT2D eigenvalue weighted by Crippen LogP contribution is 2.23. The zero-order valence-electron chi connectivity index (χ0n) is 13.8. The van der Waals surface area contributed by atoms with Crippen molar-refractivity contribution in [2.45, 2.75) is 27.2 Å².